The average molecular weight is 393 g/mol. The first-order valence-corrected chi connectivity index (χ1v) is 9.49. The van der Waals surface area contributed by atoms with Crippen molar-refractivity contribution in [1.29, 1.82) is 0 Å². The zero-order valence-corrected chi connectivity index (χ0v) is 16.4. The van der Waals surface area contributed by atoms with Crippen molar-refractivity contribution in [1.82, 2.24) is 5.32 Å². The van der Waals surface area contributed by atoms with Gasteiger partial charge in [0.25, 0.3) is 0 Å². The highest BCUT2D eigenvalue weighted by atomic mass is 19.1. The normalized spacial score (nSPS) is 10.4. The third-order valence-electron chi connectivity index (χ3n) is 4.48. The molecule has 0 saturated carbocycles. The van der Waals surface area contributed by atoms with Gasteiger partial charge >= 0.3 is 0 Å². The second kappa shape index (κ2) is 10.3. The molecule has 4 nitrogen and oxygen atoms in total. The Balaban J connectivity index is 1.50. The number of ether oxygens (including phenoxy) is 2. The minimum Gasteiger partial charge on any atom is -0.493 e. The first-order chi connectivity index (χ1) is 14.1. The van der Waals surface area contributed by atoms with Crippen molar-refractivity contribution in [2.75, 3.05) is 7.11 Å². The largest absolute Gasteiger partial charge is 0.493 e. The molecule has 0 aliphatic heterocycles. The number of hydrogen-bond donors (Lipinski definition) is 1. The molecule has 29 heavy (non-hydrogen) atoms. The van der Waals surface area contributed by atoms with Gasteiger partial charge in [-0.15, -0.1) is 0 Å². The minimum atomic E-state index is -0.287. The van der Waals surface area contributed by atoms with Crippen LogP contribution in [0.1, 0.15) is 23.1 Å². The molecule has 150 valence electrons. The Hall–Kier alpha value is -3.34. The number of hydrogen-bond acceptors (Lipinski definition) is 3. The van der Waals surface area contributed by atoms with Gasteiger partial charge in [0.1, 0.15) is 12.4 Å². The molecule has 0 heterocycles. The van der Waals surface area contributed by atoms with Crippen LogP contribution in [-0.4, -0.2) is 13.0 Å². The van der Waals surface area contributed by atoms with Crippen LogP contribution in [-0.2, 0) is 24.4 Å². The monoisotopic (exact) mass is 393 g/mol. The molecule has 1 N–H and O–H groups in total. The second-order valence-electron chi connectivity index (χ2n) is 6.67. The van der Waals surface area contributed by atoms with Crippen LogP contribution >= 0.6 is 0 Å². The van der Waals surface area contributed by atoms with E-state index in [1.165, 1.54) is 12.1 Å². The molecule has 0 unspecified atom stereocenters. The topological polar surface area (TPSA) is 47.6 Å². The van der Waals surface area contributed by atoms with E-state index < -0.39 is 0 Å². The number of benzene rings is 3. The van der Waals surface area contributed by atoms with Gasteiger partial charge in [0.05, 0.1) is 7.11 Å². The fourth-order valence-electron chi connectivity index (χ4n) is 2.92. The van der Waals surface area contributed by atoms with Crippen molar-refractivity contribution in [3.8, 4) is 11.5 Å². The summed E-state index contributed by atoms with van der Waals surface area (Å²) >= 11 is 0. The second-order valence-corrected chi connectivity index (χ2v) is 6.67. The molecule has 3 rings (SSSR count). The van der Waals surface area contributed by atoms with Crippen molar-refractivity contribution >= 4 is 5.91 Å². The van der Waals surface area contributed by atoms with Gasteiger partial charge in [-0.25, -0.2) is 4.39 Å². The third kappa shape index (κ3) is 6.35. The van der Waals surface area contributed by atoms with Crippen LogP contribution in [0.3, 0.4) is 0 Å². The van der Waals surface area contributed by atoms with Gasteiger partial charge in [0.2, 0.25) is 5.91 Å². The van der Waals surface area contributed by atoms with E-state index in [2.05, 4.69) is 5.32 Å². The number of aryl methyl sites for hydroxylation is 1. The van der Waals surface area contributed by atoms with E-state index in [-0.39, 0.29) is 11.7 Å². The zero-order chi connectivity index (χ0) is 20.5. The molecule has 0 aliphatic carbocycles. The summed E-state index contributed by atoms with van der Waals surface area (Å²) in [7, 11) is 1.59. The Bertz CT molecular complexity index is 944. The highest BCUT2D eigenvalue weighted by Gasteiger charge is 2.08. The number of methoxy groups -OCH3 is 1. The molecule has 0 bridgehead atoms. The molecule has 5 heteroatoms. The molecule has 0 spiro atoms. The molecular weight excluding hydrogens is 369 g/mol. The summed E-state index contributed by atoms with van der Waals surface area (Å²) in [5.41, 5.74) is 2.79. The number of amides is 1. The molecule has 0 atom stereocenters. The quantitative estimate of drug-likeness (QED) is 0.575. The maximum Gasteiger partial charge on any atom is 0.220 e. The highest BCUT2D eigenvalue weighted by molar-refractivity contribution is 5.76. The van der Waals surface area contributed by atoms with E-state index in [4.69, 9.17) is 9.47 Å². The van der Waals surface area contributed by atoms with Crippen molar-refractivity contribution < 1.29 is 18.7 Å². The number of nitrogens with one attached hydrogen (secondary N) is 1. The van der Waals surface area contributed by atoms with Crippen LogP contribution in [0.25, 0.3) is 0 Å². The Morgan fingerprint density at radius 2 is 1.69 bits per heavy atom. The van der Waals surface area contributed by atoms with Gasteiger partial charge in [-0.1, -0.05) is 48.5 Å². The van der Waals surface area contributed by atoms with Gasteiger partial charge in [-0.05, 0) is 47.4 Å². The lowest BCUT2D eigenvalue weighted by Crippen LogP contribution is -2.23. The van der Waals surface area contributed by atoms with Crippen LogP contribution in [0, 0.1) is 5.82 Å². The summed E-state index contributed by atoms with van der Waals surface area (Å²) in [6, 6.07) is 21.8. The molecule has 0 radical (unpaired) electrons. The summed E-state index contributed by atoms with van der Waals surface area (Å²) in [5, 5.41) is 2.88. The third-order valence-corrected chi connectivity index (χ3v) is 4.48. The van der Waals surface area contributed by atoms with Crippen molar-refractivity contribution in [2.45, 2.75) is 26.0 Å². The first-order valence-electron chi connectivity index (χ1n) is 9.49. The SMILES string of the molecule is COc1cc(CNC(=O)CCc2cccc(F)c2)ccc1OCc1ccccc1. The standard InChI is InChI=1S/C24H24FNO3/c1-28-23-15-20(10-12-22(23)29-17-19-6-3-2-4-7-19)16-26-24(27)13-11-18-8-5-9-21(25)14-18/h2-10,12,14-15H,11,13,16-17H2,1H3,(H,26,27). The summed E-state index contributed by atoms with van der Waals surface area (Å²) in [6.45, 7) is 0.838. The summed E-state index contributed by atoms with van der Waals surface area (Å²) < 4.78 is 24.5. The molecule has 0 fully saturated rings. The van der Waals surface area contributed by atoms with Crippen molar-refractivity contribution in [3.63, 3.8) is 0 Å². The fourth-order valence-corrected chi connectivity index (χ4v) is 2.92. The highest BCUT2D eigenvalue weighted by Crippen LogP contribution is 2.28. The zero-order valence-electron chi connectivity index (χ0n) is 16.4. The Morgan fingerprint density at radius 3 is 2.45 bits per heavy atom. The Kier molecular flexibility index (Phi) is 7.22. The molecule has 1 amide bonds. The fraction of sp³-hybridized carbons (Fsp3) is 0.208. The van der Waals surface area contributed by atoms with Crippen molar-refractivity contribution in [3.05, 3.63) is 95.3 Å². The van der Waals surface area contributed by atoms with Crippen LogP contribution in [0.5, 0.6) is 11.5 Å². The van der Waals surface area contributed by atoms with Gasteiger partial charge in [-0.3, -0.25) is 4.79 Å². The van der Waals surface area contributed by atoms with Gasteiger partial charge in [-0.2, -0.15) is 0 Å². The summed E-state index contributed by atoms with van der Waals surface area (Å²) in [6.07, 6.45) is 0.804. The van der Waals surface area contributed by atoms with E-state index >= 15 is 0 Å². The molecule has 3 aromatic rings. The van der Waals surface area contributed by atoms with Crippen LogP contribution in [0.2, 0.25) is 0 Å². The van der Waals surface area contributed by atoms with Gasteiger partial charge in [0.15, 0.2) is 11.5 Å². The number of carbonyl (C=O) groups excluding carboxylic acids is 1. The lowest BCUT2D eigenvalue weighted by Gasteiger charge is -2.13. The molecule has 0 aliphatic rings. The minimum absolute atomic E-state index is 0.0855. The Morgan fingerprint density at radius 1 is 0.897 bits per heavy atom. The molecular formula is C24H24FNO3. The first kappa shape index (κ1) is 20.4. The summed E-state index contributed by atoms with van der Waals surface area (Å²) in [5.74, 6) is 0.896. The maximum absolute atomic E-state index is 13.2. The van der Waals surface area contributed by atoms with E-state index in [1.54, 1.807) is 13.2 Å². The Labute approximate surface area is 170 Å². The van der Waals surface area contributed by atoms with E-state index in [1.807, 2.05) is 54.6 Å². The van der Waals surface area contributed by atoms with E-state index in [0.717, 1.165) is 16.7 Å². The average Bonchev–Trinajstić information content (AvgIpc) is 2.75. The lowest BCUT2D eigenvalue weighted by molar-refractivity contribution is -0.121. The van der Waals surface area contributed by atoms with E-state index in [9.17, 15) is 9.18 Å². The molecule has 0 saturated heterocycles. The maximum atomic E-state index is 13.2. The number of rotatable bonds is 9. The molecule has 0 aromatic heterocycles. The lowest BCUT2D eigenvalue weighted by atomic mass is 10.1. The predicted molar refractivity (Wildman–Crippen MR) is 110 cm³/mol. The smallest absolute Gasteiger partial charge is 0.220 e. The van der Waals surface area contributed by atoms with Crippen LogP contribution in [0.15, 0.2) is 72.8 Å². The van der Waals surface area contributed by atoms with Crippen LogP contribution < -0.4 is 14.8 Å². The van der Waals surface area contributed by atoms with Crippen LogP contribution in [0.4, 0.5) is 4.39 Å². The number of halogens is 1. The summed E-state index contributed by atoms with van der Waals surface area (Å²) in [4.78, 5) is 12.1. The van der Waals surface area contributed by atoms with Crippen molar-refractivity contribution in [2.24, 2.45) is 0 Å². The van der Waals surface area contributed by atoms with Gasteiger partial charge in [0, 0.05) is 13.0 Å². The molecule has 3 aromatic carbocycles. The predicted octanol–water partition coefficient (Wildman–Crippen LogP) is 4.66. The number of carbonyl (C=O) groups is 1. The van der Waals surface area contributed by atoms with Gasteiger partial charge < -0.3 is 14.8 Å². The van der Waals surface area contributed by atoms with E-state index in [0.29, 0.717) is 37.5 Å².